The molecule has 0 radical (unpaired) electrons. The second kappa shape index (κ2) is 7.48. The standard InChI is InChI=1S/C23H29NO5/c1-14-17-6-8-19(25)15(2)21(17)29-22(27)18(14)7-9-20(26)24-12-11-23(28)10-4-3-5-16(23)13-24/h6,8,16,25,28H,3-5,7,9-13H2,1-2H3. The molecular formula is C23H29NO5. The molecule has 2 aromatic rings. The van der Waals surface area contributed by atoms with Gasteiger partial charge in [-0.25, -0.2) is 4.79 Å². The molecule has 2 heterocycles. The number of amides is 1. The summed E-state index contributed by atoms with van der Waals surface area (Å²) in [5.74, 6) is 0.284. The number of piperidine rings is 1. The first-order valence-electron chi connectivity index (χ1n) is 10.5. The number of nitrogens with zero attached hydrogens (tertiary/aromatic N) is 1. The van der Waals surface area contributed by atoms with Crippen molar-refractivity contribution in [2.45, 2.75) is 64.4 Å². The number of phenolic OH excluding ortho intramolecular Hbond substituents is 1. The first kappa shape index (κ1) is 20.0. The van der Waals surface area contributed by atoms with Gasteiger partial charge in [0.15, 0.2) is 0 Å². The topological polar surface area (TPSA) is 91.0 Å². The molecule has 1 amide bonds. The number of aliphatic hydroxyl groups is 1. The fraction of sp³-hybridized carbons (Fsp3) is 0.565. The summed E-state index contributed by atoms with van der Waals surface area (Å²) in [6.07, 6.45) is 5.21. The van der Waals surface area contributed by atoms with E-state index in [2.05, 4.69) is 0 Å². The third-order valence-electron chi connectivity index (χ3n) is 7.04. The number of benzene rings is 1. The molecule has 156 valence electrons. The number of carbonyl (C=O) groups is 1. The Bertz CT molecular complexity index is 1010. The molecule has 6 nitrogen and oxygen atoms in total. The van der Waals surface area contributed by atoms with Gasteiger partial charge in [0.25, 0.3) is 0 Å². The monoisotopic (exact) mass is 399 g/mol. The highest BCUT2D eigenvalue weighted by Gasteiger charge is 2.43. The number of hydrogen-bond donors (Lipinski definition) is 2. The zero-order chi connectivity index (χ0) is 20.8. The quantitative estimate of drug-likeness (QED) is 0.774. The Balaban J connectivity index is 1.49. The molecule has 2 unspecified atom stereocenters. The van der Waals surface area contributed by atoms with Gasteiger partial charge in [-0.15, -0.1) is 0 Å². The summed E-state index contributed by atoms with van der Waals surface area (Å²) in [7, 11) is 0. The zero-order valence-corrected chi connectivity index (χ0v) is 17.2. The SMILES string of the molecule is Cc1c(CCC(=O)N2CCC3(O)CCCCC3C2)c(=O)oc2c(C)c(O)ccc12. The van der Waals surface area contributed by atoms with Gasteiger partial charge < -0.3 is 19.5 Å². The van der Waals surface area contributed by atoms with Gasteiger partial charge in [-0.3, -0.25) is 4.79 Å². The van der Waals surface area contributed by atoms with E-state index >= 15 is 0 Å². The molecule has 29 heavy (non-hydrogen) atoms. The van der Waals surface area contributed by atoms with Crippen molar-refractivity contribution in [3.8, 4) is 5.75 Å². The second-order valence-electron chi connectivity index (χ2n) is 8.72. The number of rotatable bonds is 3. The van der Waals surface area contributed by atoms with Crippen molar-refractivity contribution in [1.29, 1.82) is 0 Å². The van der Waals surface area contributed by atoms with Gasteiger partial charge in [-0.1, -0.05) is 12.8 Å². The fourth-order valence-corrected chi connectivity index (χ4v) is 5.06. The van der Waals surface area contributed by atoms with Crippen molar-refractivity contribution in [1.82, 2.24) is 4.90 Å². The van der Waals surface area contributed by atoms with Crippen LogP contribution in [0.4, 0.5) is 0 Å². The molecule has 1 aromatic heterocycles. The number of fused-ring (bicyclic) bond motifs is 2. The zero-order valence-electron chi connectivity index (χ0n) is 17.2. The van der Waals surface area contributed by atoms with E-state index in [0.717, 1.165) is 36.6 Å². The van der Waals surface area contributed by atoms with Crippen LogP contribution in [0.1, 0.15) is 55.2 Å². The van der Waals surface area contributed by atoms with Gasteiger partial charge in [-0.2, -0.15) is 0 Å². The van der Waals surface area contributed by atoms with E-state index in [0.29, 0.717) is 42.6 Å². The first-order valence-corrected chi connectivity index (χ1v) is 10.5. The maximum atomic E-state index is 12.8. The number of phenols is 1. The summed E-state index contributed by atoms with van der Waals surface area (Å²) in [4.78, 5) is 27.2. The van der Waals surface area contributed by atoms with Crippen molar-refractivity contribution in [3.63, 3.8) is 0 Å². The third kappa shape index (κ3) is 3.54. The molecule has 0 spiro atoms. The molecule has 2 N–H and O–H groups in total. The van der Waals surface area contributed by atoms with Crippen LogP contribution in [0.2, 0.25) is 0 Å². The molecular weight excluding hydrogens is 370 g/mol. The molecule has 1 aliphatic heterocycles. The van der Waals surface area contributed by atoms with E-state index in [9.17, 15) is 19.8 Å². The lowest BCUT2D eigenvalue weighted by atomic mass is 9.71. The van der Waals surface area contributed by atoms with Gasteiger partial charge in [0.1, 0.15) is 11.3 Å². The summed E-state index contributed by atoms with van der Waals surface area (Å²) in [6, 6.07) is 3.34. The second-order valence-corrected chi connectivity index (χ2v) is 8.72. The van der Waals surface area contributed by atoms with Crippen LogP contribution in [0, 0.1) is 19.8 Å². The van der Waals surface area contributed by atoms with Gasteiger partial charge >= 0.3 is 5.63 Å². The molecule has 6 heteroatoms. The van der Waals surface area contributed by atoms with E-state index < -0.39 is 11.2 Å². The Kier molecular flexibility index (Phi) is 5.15. The van der Waals surface area contributed by atoms with Gasteiger partial charge in [-0.05, 0) is 57.2 Å². The highest BCUT2D eigenvalue weighted by molar-refractivity contribution is 5.85. The van der Waals surface area contributed by atoms with E-state index in [4.69, 9.17) is 4.42 Å². The Hall–Kier alpha value is -2.34. The van der Waals surface area contributed by atoms with Crippen LogP contribution in [0.3, 0.4) is 0 Å². The minimum absolute atomic E-state index is 0.0263. The van der Waals surface area contributed by atoms with Crippen LogP contribution in [0.25, 0.3) is 11.0 Å². The average Bonchev–Trinajstić information content (AvgIpc) is 2.70. The lowest BCUT2D eigenvalue weighted by Crippen LogP contribution is -2.54. The Labute approximate surface area is 170 Å². The highest BCUT2D eigenvalue weighted by Crippen LogP contribution is 2.40. The summed E-state index contributed by atoms with van der Waals surface area (Å²) in [6.45, 7) is 4.76. The number of aryl methyl sites for hydroxylation is 2. The van der Waals surface area contributed by atoms with Crippen molar-refractivity contribution in [2.24, 2.45) is 5.92 Å². The highest BCUT2D eigenvalue weighted by atomic mass is 16.4. The molecule has 4 rings (SSSR count). The maximum absolute atomic E-state index is 12.8. The van der Waals surface area contributed by atoms with Gasteiger partial charge in [0.2, 0.25) is 5.91 Å². The molecule has 2 atom stereocenters. The summed E-state index contributed by atoms with van der Waals surface area (Å²) in [5.41, 5.74) is 1.20. The Morgan fingerprint density at radius 2 is 2.03 bits per heavy atom. The maximum Gasteiger partial charge on any atom is 0.339 e. The molecule has 1 aromatic carbocycles. The normalized spacial score (nSPS) is 24.5. The lowest BCUT2D eigenvalue weighted by Gasteiger charge is -2.47. The minimum Gasteiger partial charge on any atom is -0.508 e. The van der Waals surface area contributed by atoms with Crippen LogP contribution in [0.5, 0.6) is 5.75 Å². The van der Waals surface area contributed by atoms with Crippen LogP contribution in [0.15, 0.2) is 21.3 Å². The Morgan fingerprint density at radius 3 is 2.83 bits per heavy atom. The van der Waals surface area contributed by atoms with E-state index in [1.807, 2.05) is 11.8 Å². The van der Waals surface area contributed by atoms with Crippen molar-refractivity contribution >= 4 is 16.9 Å². The van der Waals surface area contributed by atoms with Crippen molar-refractivity contribution in [2.75, 3.05) is 13.1 Å². The van der Waals surface area contributed by atoms with E-state index in [1.165, 1.54) is 0 Å². The average molecular weight is 399 g/mol. The fourth-order valence-electron chi connectivity index (χ4n) is 5.06. The lowest BCUT2D eigenvalue weighted by molar-refractivity contribution is -0.143. The van der Waals surface area contributed by atoms with Crippen LogP contribution >= 0.6 is 0 Å². The predicted octanol–water partition coefficient (Wildman–Crippen LogP) is 3.20. The van der Waals surface area contributed by atoms with Crippen molar-refractivity contribution < 1.29 is 19.4 Å². The number of carbonyl (C=O) groups excluding carboxylic acids is 1. The van der Waals surface area contributed by atoms with Crippen molar-refractivity contribution in [3.05, 3.63) is 39.2 Å². The third-order valence-corrected chi connectivity index (χ3v) is 7.04. The molecule has 2 aliphatic rings. The largest absolute Gasteiger partial charge is 0.508 e. The van der Waals surface area contributed by atoms with Crippen LogP contribution < -0.4 is 5.63 Å². The van der Waals surface area contributed by atoms with Gasteiger partial charge in [0.05, 0.1) is 5.60 Å². The number of hydrogen-bond acceptors (Lipinski definition) is 5. The molecule has 1 aliphatic carbocycles. The predicted molar refractivity (Wildman–Crippen MR) is 110 cm³/mol. The summed E-state index contributed by atoms with van der Waals surface area (Å²) < 4.78 is 5.47. The minimum atomic E-state index is -0.603. The number of aromatic hydroxyl groups is 1. The summed E-state index contributed by atoms with van der Waals surface area (Å²) in [5, 5.41) is 21.4. The molecule has 2 fully saturated rings. The first-order chi connectivity index (χ1) is 13.8. The molecule has 1 saturated heterocycles. The van der Waals surface area contributed by atoms with Crippen LogP contribution in [-0.4, -0.2) is 39.7 Å². The molecule has 0 bridgehead atoms. The van der Waals surface area contributed by atoms with E-state index in [-0.39, 0.29) is 24.0 Å². The summed E-state index contributed by atoms with van der Waals surface area (Å²) >= 11 is 0. The van der Waals surface area contributed by atoms with E-state index in [1.54, 1.807) is 19.1 Å². The Morgan fingerprint density at radius 1 is 1.24 bits per heavy atom. The molecule has 1 saturated carbocycles. The van der Waals surface area contributed by atoms with Crippen LogP contribution in [-0.2, 0) is 11.2 Å². The number of likely N-dealkylation sites (tertiary alicyclic amines) is 1. The van der Waals surface area contributed by atoms with Gasteiger partial charge in [0, 0.05) is 41.9 Å². The smallest absolute Gasteiger partial charge is 0.339 e.